The Morgan fingerprint density at radius 3 is 2.31 bits per heavy atom. The predicted octanol–water partition coefficient (Wildman–Crippen LogP) is 7.13. The zero-order valence-electron chi connectivity index (χ0n) is 19.5. The Balaban J connectivity index is 1.69. The fraction of sp³-hybridized carbons (Fsp3) is 0.310. The highest BCUT2D eigenvalue weighted by atomic mass is 15.3. The summed E-state index contributed by atoms with van der Waals surface area (Å²) in [6.07, 6.45) is 3.30. The lowest BCUT2D eigenvalue weighted by atomic mass is 9.89. The standard InChI is InChI=1S/C29H31N3/c1-5-10-26-23-12-7-6-11-22(23)15-16-32(26)29-25-14-9-8-13-24(25)28(30-31-29)27-20(3)17-19(2)18-21(27)4/h6-9,11-14,17-18,26H,5,10,15-16H2,1-4H3. The monoisotopic (exact) mass is 421 g/mol. The molecule has 0 amide bonds. The third-order valence-electron chi connectivity index (χ3n) is 6.83. The molecule has 4 aromatic rings. The highest BCUT2D eigenvalue weighted by Gasteiger charge is 2.29. The van der Waals surface area contributed by atoms with Crippen LogP contribution in [0.25, 0.3) is 22.0 Å². The quantitative estimate of drug-likeness (QED) is 0.351. The molecule has 0 bridgehead atoms. The largest absolute Gasteiger partial charge is 0.347 e. The van der Waals surface area contributed by atoms with Gasteiger partial charge in [-0.2, -0.15) is 0 Å². The lowest BCUT2D eigenvalue weighted by Crippen LogP contribution is -2.36. The van der Waals surface area contributed by atoms with Gasteiger partial charge in [-0.15, -0.1) is 10.2 Å². The van der Waals surface area contributed by atoms with Gasteiger partial charge < -0.3 is 4.90 Å². The van der Waals surface area contributed by atoms with E-state index in [1.54, 1.807) is 0 Å². The molecule has 0 aliphatic carbocycles. The van der Waals surface area contributed by atoms with E-state index in [0.717, 1.165) is 37.3 Å². The summed E-state index contributed by atoms with van der Waals surface area (Å²) in [7, 11) is 0. The van der Waals surface area contributed by atoms with E-state index in [1.807, 2.05) is 0 Å². The lowest BCUT2D eigenvalue weighted by Gasteiger charge is -2.38. The molecule has 0 saturated carbocycles. The molecule has 3 heteroatoms. The molecule has 1 aromatic heterocycles. The number of rotatable bonds is 4. The van der Waals surface area contributed by atoms with Crippen molar-refractivity contribution in [2.24, 2.45) is 0 Å². The Morgan fingerprint density at radius 2 is 1.56 bits per heavy atom. The molecule has 0 spiro atoms. The maximum Gasteiger partial charge on any atom is 0.159 e. The molecule has 1 aliphatic rings. The molecular weight excluding hydrogens is 390 g/mol. The zero-order chi connectivity index (χ0) is 22.2. The highest BCUT2D eigenvalue weighted by Crippen LogP contribution is 2.40. The molecule has 3 nitrogen and oxygen atoms in total. The first-order valence-electron chi connectivity index (χ1n) is 11.8. The highest BCUT2D eigenvalue weighted by molar-refractivity contribution is 6.01. The third kappa shape index (κ3) is 3.46. The van der Waals surface area contributed by atoms with Gasteiger partial charge in [0.1, 0.15) is 5.69 Å². The van der Waals surface area contributed by atoms with E-state index in [1.165, 1.54) is 44.2 Å². The Kier molecular flexibility index (Phi) is 5.42. The van der Waals surface area contributed by atoms with Gasteiger partial charge in [-0.1, -0.05) is 79.6 Å². The summed E-state index contributed by atoms with van der Waals surface area (Å²) in [5, 5.41) is 12.1. The van der Waals surface area contributed by atoms with Gasteiger partial charge in [0.25, 0.3) is 0 Å². The van der Waals surface area contributed by atoms with Crippen LogP contribution in [0.15, 0.2) is 60.7 Å². The van der Waals surface area contributed by atoms with Crippen molar-refractivity contribution < 1.29 is 0 Å². The predicted molar refractivity (Wildman–Crippen MR) is 134 cm³/mol. The molecule has 2 heterocycles. The van der Waals surface area contributed by atoms with Crippen molar-refractivity contribution in [3.8, 4) is 11.3 Å². The summed E-state index contributed by atoms with van der Waals surface area (Å²) in [6, 6.07) is 22.4. The van der Waals surface area contributed by atoms with Crippen molar-refractivity contribution in [3.63, 3.8) is 0 Å². The van der Waals surface area contributed by atoms with E-state index in [9.17, 15) is 0 Å². The van der Waals surface area contributed by atoms with Crippen LogP contribution in [-0.4, -0.2) is 16.7 Å². The van der Waals surface area contributed by atoms with Gasteiger partial charge in [0.2, 0.25) is 0 Å². The number of fused-ring (bicyclic) bond motifs is 2. The number of aryl methyl sites for hydroxylation is 3. The summed E-state index contributed by atoms with van der Waals surface area (Å²) in [6.45, 7) is 9.75. The molecule has 5 rings (SSSR count). The second kappa shape index (κ2) is 8.38. The average Bonchev–Trinajstić information content (AvgIpc) is 2.79. The van der Waals surface area contributed by atoms with Crippen LogP contribution in [0.5, 0.6) is 0 Å². The molecule has 162 valence electrons. The van der Waals surface area contributed by atoms with Crippen LogP contribution in [0.3, 0.4) is 0 Å². The second-order valence-corrected chi connectivity index (χ2v) is 9.14. The molecular formula is C29H31N3. The first kappa shape index (κ1) is 20.7. The summed E-state index contributed by atoms with van der Waals surface area (Å²) < 4.78 is 0. The van der Waals surface area contributed by atoms with Gasteiger partial charge in [-0.25, -0.2) is 0 Å². The first-order chi connectivity index (χ1) is 15.6. The molecule has 32 heavy (non-hydrogen) atoms. The van der Waals surface area contributed by atoms with Crippen LogP contribution in [0, 0.1) is 20.8 Å². The lowest BCUT2D eigenvalue weighted by molar-refractivity contribution is 0.533. The van der Waals surface area contributed by atoms with Crippen LogP contribution < -0.4 is 4.90 Å². The fourth-order valence-corrected chi connectivity index (χ4v) is 5.53. The van der Waals surface area contributed by atoms with Crippen LogP contribution in [-0.2, 0) is 6.42 Å². The smallest absolute Gasteiger partial charge is 0.159 e. The number of anilines is 1. The van der Waals surface area contributed by atoms with Crippen LogP contribution in [0.1, 0.15) is 53.6 Å². The SMILES string of the molecule is CCCC1c2ccccc2CCN1c1nnc(-c2c(C)cc(C)cc2C)c2ccccc12. The Labute approximate surface area is 191 Å². The van der Waals surface area contributed by atoms with Gasteiger partial charge in [0.15, 0.2) is 5.82 Å². The van der Waals surface area contributed by atoms with E-state index in [4.69, 9.17) is 10.2 Å². The molecule has 0 fully saturated rings. The van der Waals surface area contributed by atoms with Crippen molar-refractivity contribution in [1.82, 2.24) is 10.2 Å². The number of benzene rings is 3. The fourth-order valence-electron chi connectivity index (χ4n) is 5.53. The van der Waals surface area contributed by atoms with E-state index in [2.05, 4.69) is 93.3 Å². The third-order valence-corrected chi connectivity index (χ3v) is 6.83. The minimum Gasteiger partial charge on any atom is -0.347 e. The van der Waals surface area contributed by atoms with Crippen molar-refractivity contribution in [2.45, 2.75) is 53.0 Å². The summed E-state index contributed by atoms with van der Waals surface area (Å²) in [5.74, 6) is 1.01. The van der Waals surface area contributed by atoms with Crippen LogP contribution >= 0.6 is 0 Å². The normalized spacial score (nSPS) is 15.8. The minimum atomic E-state index is 0.344. The van der Waals surface area contributed by atoms with E-state index >= 15 is 0 Å². The maximum absolute atomic E-state index is 4.89. The number of hydrogen-bond donors (Lipinski definition) is 0. The average molecular weight is 422 g/mol. The van der Waals surface area contributed by atoms with E-state index < -0.39 is 0 Å². The maximum atomic E-state index is 4.89. The number of aromatic nitrogens is 2. The topological polar surface area (TPSA) is 29.0 Å². The van der Waals surface area contributed by atoms with Crippen LogP contribution in [0.4, 0.5) is 5.82 Å². The molecule has 0 saturated heterocycles. The van der Waals surface area contributed by atoms with Crippen molar-refractivity contribution in [1.29, 1.82) is 0 Å². The van der Waals surface area contributed by atoms with Crippen molar-refractivity contribution in [3.05, 3.63) is 88.5 Å². The molecule has 3 aromatic carbocycles. The van der Waals surface area contributed by atoms with Gasteiger partial charge >= 0.3 is 0 Å². The second-order valence-electron chi connectivity index (χ2n) is 9.14. The molecule has 0 radical (unpaired) electrons. The van der Waals surface area contributed by atoms with Gasteiger partial charge in [0.05, 0.1) is 6.04 Å². The summed E-state index contributed by atoms with van der Waals surface area (Å²) in [5.41, 5.74) is 8.91. The van der Waals surface area contributed by atoms with Gasteiger partial charge in [-0.05, 0) is 55.9 Å². The summed E-state index contributed by atoms with van der Waals surface area (Å²) in [4.78, 5) is 2.50. The zero-order valence-corrected chi connectivity index (χ0v) is 19.5. The Morgan fingerprint density at radius 1 is 0.875 bits per heavy atom. The molecule has 1 atom stereocenters. The van der Waals surface area contributed by atoms with Gasteiger partial charge in [-0.3, -0.25) is 0 Å². The molecule has 1 aliphatic heterocycles. The Bertz CT molecular complexity index is 1270. The first-order valence-corrected chi connectivity index (χ1v) is 11.8. The summed E-state index contributed by atoms with van der Waals surface area (Å²) >= 11 is 0. The number of nitrogens with zero attached hydrogens (tertiary/aromatic N) is 3. The minimum absolute atomic E-state index is 0.344. The molecule has 1 unspecified atom stereocenters. The van der Waals surface area contributed by atoms with E-state index in [0.29, 0.717) is 6.04 Å². The molecule has 0 N–H and O–H groups in total. The van der Waals surface area contributed by atoms with Crippen LogP contribution in [0.2, 0.25) is 0 Å². The number of hydrogen-bond acceptors (Lipinski definition) is 3. The Hall–Kier alpha value is -3.20. The van der Waals surface area contributed by atoms with E-state index in [-0.39, 0.29) is 0 Å². The van der Waals surface area contributed by atoms with Gasteiger partial charge in [0, 0.05) is 22.9 Å². The van der Waals surface area contributed by atoms with Crippen molar-refractivity contribution in [2.75, 3.05) is 11.4 Å². The van der Waals surface area contributed by atoms with Crippen molar-refractivity contribution >= 4 is 16.6 Å².